The predicted octanol–water partition coefficient (Wildman–Crippen LogP) is 1.79. The number of ether oxygens (including phenoxy) is 2. The Bertz CT molecular complexity index is 800. The number of carbonyl (C=O) groups is 1. The lowest BCUT2D eigenvalue weighted by atomic mass is 10.2. The maximum Gasteiger partial charge on any atom is 0.258 e. The standard InChI is InChI=1S/C17H19NO5S/c1-22-15-5-3-4-6-16(15)23-12-17(19)18-11-13-7-9-14(10-8-13)24(2,20)21/h3-10H,11-12H2,1-2H3,(H,18,19). The van der Waals surface area contributed by atoms with Gasteiger partial charge in [0.2, 0.25) is 0 Å². The molecule has 128 valence electrons. The van der Waals surface area contributed by atoms with Crippen LogP contribution >= 0.6 is 0 Å². The van der Waals surface area contributed by atoms with Crippen LogP contribution < -0.4 is 14.8 Å². The molecule has 1 amide bonds. The Morgan fingerprint density at radius 1 is 1.04 bits per heavy atom. The molecule has 0 radical (unpaired) electrons. The Morgan fingerprint density at radius 3 is 2.25 bits per heavy atom. The van der Waals surface area contributed by atoms with Gasteiger partial charge in [0.25, 0.3) is 5.91 Å². The average molecular weight is 349 g/mol. The monoisotopic (exact) mass is 349 g/mol. The molecule has 0 saturated heterocycles. The Hall–Kier alpha value is -2.54. The summed E-state index contributed by atoms with van der Waals surface area (Å²) in [6.07, 6.45) is 1.15. The molecule has 0 aliphatic rings. The molecule has 0 aliphatic heterocycles. The van der Waals surface area contributed by atoms with Crippen LogP contribution in [0.1, 0.15) is 5.56 Å². The molecule has 0 aromatic heterocycles. The van der Waals surface area contributed by atoms with E-state index in [0.717, 1.165) is 11.8 Å². The Morgan fingerprint density at radius 2 is 1.67 bits per heavy atom. The van der Waals surface area contributed by atoms with Crippen molar-refractivity contribution in [1.82, 2.24) is 5.32 Å². The van der Waals surface area contributed by atoms with Crippen molar-refractivity contribution in [3.05, 3.63) is 54.1 Å². The van der Waals surface area contributed by atoms with Crippen LogP contribution in [-0.2, 0) is 21.2 Å². The van der Waals surface area contributed by atoms with Crippen molar-refractivity contribution in [3.8, 4) is 11.5 Å². The van der Waals surface area contributed by atoms with Crippen LogP contribution in [-0.4, -0.2) is 34.3 Å². The van der Waals surface area contributed by atoms with Crippen molar-refractivity contribution >= 4 is 15.7 Å². The average Bonchev–Trinajstić information content (AvgIpc) is 2.58. The fourth-order valence-corrected chi connectivity index (χ4v) is 2.62. The summed E-state index contributed by atoms with van der Waals surface area (Å²) in [6, 6.07) is 13.4. The van der Waals surface area contributed by atoms with E-state index < -0.39 is 9.84 Å². The van der Waals surface area contributed by atoms with E-state index in [1.54, 1.807) is 30.3 Å². The van der Waals surface area contributed by atoms with Gasteiger partial charge in [0.15, 0.2) is 27.9 Å². The van der Waals surface area contributed by atoms with Gasteiger partial charge in [-0.25, -0.2) is 8.42 Å². The highest BCUT2D eigenvalue weighted by atomic mass is 32.2. The van der Waals surface area contributed by atoms with Crippen LogP contribution in [0.3, 0.4) is 0 Å². The highest BCUT2D eigenvalue weighted by molar-refractivity contribution is 7.90. The van der Waals surface area contributed by atoms with Gasteiger partial charge >= 0.3 is 0 Å². The second-order valence-corrected chi connectivity index (χ2v) is 7.15. The summed E-state index contributed by atoms with van der Waals surface area (Å²) in [6.45, 7) is 0.153. The molecule has 0 unspecified atom stereocenters. The summed E-state index contributed by atoms with van der Waals surface area (Å²) < 4.78 is 33.3. The van der Waals surface area contributed by atoms with Crippen molar-refractivity contribution in [3.63, 3.8) is 0 Å². The van der Waals surface area contributed by atoms with Crippen molar-refractivity contribution < 1.29 is 22.7 Å². The molecule has 7 heteroatoms. The maximum absolute atomic E-state index is 11.8. The van der Waals surface area contributed by atoms with Crippen LogP contribution in [0.5, 0.6) is 11.5 Å². The summed E-state index contributed by atoms with van der Waals surface area (Å²) in [5, 5.41) is 2.71. The first-order chi connectivity index (χ1) is 11.4. The third kappa shape index (κ3) is 4.99. The molecule has 2 aromatic rings. The molecule has 0 fully saturated rings. The summed E-state index contributed by atoms with van der Waals surface area (Å²) >= 11 is 0. The summed E-state index contributed by atoms with van der Waals surface area (Å²) in [5.74, 6) is 0.766. The smallest absolute Gasteiger partial charge is 0.258 e. The number of sulfone groups is 1. The zero-order valence-electron chi connectivity index (χ0n) is 13.5. The van der Waals surface area contributed by atoms with E-state index in [2.05, 4.69) is 5.32 Å². The van der Waals surface area contributed by atoms with Gasteiger partial charge in [-0.05, 0) is 29.8 Å². The first-order valence-corrected chi connectivity index (χ1v) is 9.11. The van der Waals surface area contributed by atoms with Gasteiger partial charge in [-0.15, -0.1) is 0 Å². The van der Waals surface area contributed by atoms with E-state index in [9.17, 15) is 13.2 Å². The highest BCUT2D eigenvalue weighted by Crippen LogP contribution is 2.25. The molecular weight excluding hydrogens is 330 g/mol. The first-order valence-electron chi connectivity index (χ1n) is 7.21. The first kappa shape index (κ1) is 17.8. The zero-order chi connectivity index (χ0) is 17.6. The molecular formula is C17H19NO5S. The lowest BCUT2D eigenvalue weighted by Gasteiger charge is -2.10. The van der Waals surface area contributed by atoms with Gasteiger partial charge in [-0.1, -0.05) is 24.3 Å². The quantitative estimate of drug-likeness (QED) is 0.824. The Balaban J connectivity index is 1.85. The lowest BCUT2D eigenvalue weighted by Crippen LogP contribution is -2.28. The third-order valence-corrected chi connectivity index (χ3v) is 4.40. The van der Waals surface area contributed by atoms with Gasteiger partial charge in [0.1, 0.15) is 0 Å². The minimum absolute atomic E-state index is 0.137. The lowest BCUT2D eigenvalue weighted by molar-refractivity contribution is -0.123. The van der Waals surface area contributed by atoms with Crippen LogP contribution in [0.25, 0.3) is 0 Å². The molecule has 0 aliphatic carbocycles. The molecule has 0 bridgehead atoms. The molecule has 0 heterocycles. The van der Waals surface area contributed by atoms with E-state index in [0.29, 0.717) is 11.5 Å². The molecule has 1 N–H and O–H groups in total. The number of hydrogen-bond acceptors (Lipinski definition) is 5. The molecule has 0 atom stereocenters. The minimum Gasteiger partial charge on any atom is -0.493 e. The van der Waals surface area contributed by atoms with Crippen LogP contribution in [0, 0.1) is 0 Å². The number of hydrogen-bond donors (Lipinski definition) is 1. The van der Waals surface area contributed by atoms with E-state index in [-0.39, 0.29) is 24.0 Å². The predicted molar refractivity (Wildman–Crippen MR) is 89.9 cm³/mol. The molecule has 24 heavy (non-hydrogen) atoms. The van der Waals surface area contributed by atoms with Gasteiger partial charge in [-0.2, -0.15) is 0 Å². The van der Waals surface area contributed by atoms with Gasteiger partial charge in [-0.3, -0.25) is 4.79 Å². The molecule has 0 saturated carbocycles. The van der Waals surface area contributed by atoms with Crippen molar-refractivity contribution in [1.29, 1.82) is 0 Å². The second kappa shape index (κ2) is 7.83. The number of nitrogens with one attached hydrogen (secondary N) is 1. The van der Waals surface area contributed by atoms with Crippen LogP contribution in [0.4, 0.5) is 0 Å². The van der Waals surface area contributed by atoms with Crippen molar-refractivity contribution in [2.24, 2.45) is 0 Å². The summed E-state index contributed by atoms with van der Waals surface area (Å²) in [5.41, 5.74) is 0.799. The van der Waals surface area contributed by atoms with Crippen LogP contribution in [0.2, 0.25) is 0 Å². The SMILES string of the molecule is COc1ccccc1OCC(=O)NCc1ccc(S(C)(=O)=O)cc1. The Labute approximate surface area is 141 Å². The summed E-state index contributed by atoms with van der Waals surface area (Å²) in [7, 11) is -1.69. The number of amides is 1. The highest BCUT2D eigenvalue weighted by Gasteiger charge is 2.08. The molecule has 0 spiro atoms. The number of methoxy groups -OCH3 is 1. The number of para-hydroxylation sites is 2. The van der Waals surface area contributed by atoms with Crippen molar-refractivity contribution in [2.45, 2.75) is 11.4 Å². The number of carbonyl (C=O) groups excluding carboxylic acids is 1. The van der Waals surface area contributed by atoms with E-state index in [1.165, 1.54) is 19.2 Å². The van der Waals surface area contributed by atoms with E-state index in [1.807, 2.05) is 6.07 Å². The number of rotatable bonds is 7. The Kier molecular flexibility index (Phi) is 5.81. The fourth-order valence-electron chi connectivity index (χ4n) is 1.99. The largest absolute Gasteiger partial charge is 0.493 e. The van der Waals surface area contributed by atoms with Crippen molar-refractivity contribution in [2.75, 3.05) is 20.0 Å². The summed E-state index contributed by atoms with van der Waals surface area (Å²) in [4.78, 5) is 12.1. The molecule has 2 rings (SSSR count). The maximum atomic E-state index is 11.8. The third-order valence-electron chi connectivity index (χ3n) is 3.27. The minimum atomic E-state index is -3.22. The van der Waals surface area contributed by atoms with Gasteiger partial charge in [0.05, 0.1) is 12.0 Å². The van der Waals surface area contributed by atoms with Gasteiger partial charge < -0.3 is 14.8 Å². The van der Waals surface area contributed by atoms with Gasteiger partial charge in [0, 0.05) is 12.8 Å². The zero-order valence-corrected chi connectivity index (χ0v) is 14.3. The molecule has 2 aromatic carbocycles. The topological polar surface area (TPSA) is 81.7 Å². The normalized spacial score (nSPS) is 10.9. The second-order valence-electron chi connectivity index (χ2n) is 5.13. The van der Waals surface area contributed by atoms with Crippen LogP contribution in [0.15, 0.2) is 53.4 Å². The number of benzene rings is 2. The van der Waals surface area contributed by atoms with E-state index in [4.69, 9.17) is 9.47 Å². The van der Waals surface area contributed by atoms with E-state index >= 15 is 0 Å². The molecule has 6 nitrogen and oxygen atoms in total. The fraction of sp³-hybridized carbons (Fsp3) is 0.235.